The Labute approximate surface area is 102 Å². The van der Waals surface area contributed by atoms with Crippen LogP contribution >= 0.6 is 0 Å². The first-order valence-corrected chi connectivity index (χ1v) is 6.61. The van der Waals surface area contributed by atoms with Crippen molar-refractivity contribution in [2.75, 3.05) is 6.54 Å². The van der Waals surface area contributed by atoms with Crippen LogP contribution in [0.2, 0.25) is 0 Å². The zero-order valence-electron chi connectivity index (χ0n) is 10.5. The highest BCUT2D eigenvalue weighted by molar-refractivity contribution is 5.19. The molecule has 0 saturated heterocycles. The van der Waals surface area contributed by atoms with Crippen molar-refractivity contribution in [1.29, 1.82) is 0 Å². The maximum atomic E-state index is 12.2. The van der Waals surface area contributed by atoms with E-state index in [1.165, 1.54) is 19.3 Å². The van der Waals surface area contributed by atoms with Crippen molar-refractivity contribution in [1.82, 2.24) is 14.9 Å². The molecule has 94 valence electrons. The fourth-order valence-electron chi connectivity index (χ4n) is 2.26. The predicted molar refractivity (Wildman–Crippen MR) is 68.0 cm³/mol. The van der Waals surface area contributed by atoms with Crippen LogP contribution in [0.25, 0.3) is 0 Å². The largest absolute Gasteiger partial charge is 0.311 e. The van der Waals surface area contributed by atoms with Gasteiger partial charge in [-0.2, -0.15) is 0 Å². The first kappa shape index (κ1) is 12.3. The first-order valence-electron chi connectivity index (χ1n) is 6.61. The lowest BCUT2D eigenvalue weighted by Crippen LogP contribution is -2.34. The van der Waals surface area contributed by atoms with E-state index in [4.69, 9.17) is 0 Å². The van der Waals surface area contributed by atoms with Gasteiger partial charge in [0.05, 0.1) is 12.0 Å². The van der Waals surface area contributed by atoms with Gasteiger partial charge in [-0.05, 0) is 19.4 Å². The summed E-state index contributed by atoms with van der Waals surface area (Å²) in [4.78, 5) is 16.6. The van der Waals surface area contributed by atoms with Crippen LogP contribution < -0.4 is 10.9 Å². The van der Waals surface area contributed by atoms with Gasteiger partial charge in [-0.1, -0.05) is 26.2 Å². The van der Waals surface area contributed by atoms with Gasteiger partial charge >= 0.3 is 0 Å². The SMILES string of the molecule is CCCCCCn1cnc2c(c1=O)CCNC2. The van der Waals surface area contributed by atoms with E-state index in [1.54, 1.807) is 10.9 Å². The lowest BCUT2D eigenvalue weighted by atomic mass is 10.1. The third kappa shape index (κ3) is 2.94. The zero-order valence-corrected chi connectivity index (χ0v) is 10.5. The molecule has 0 saturated carbocycles. The summed E-state index contributed by atoms with van der Waals surface area (Å²) < 4.78 is 1.78. The molecule has 1 aliphatic heterocycles. The van der Waals surface area contributed by atoms with Crippen molar-refractivity contribution in [3.63, 3.8) is 0 Å². The molecular formula is C13H21N3O. The molecule has 0 aliphatic carbocycles. The average molecular weight is 235 g/mol. The molecule has 0 bridgehead atoms. The highest BCUT2D eigenvalue weighted by Crippen LogP contribution is 2.06. The number of rotatable bonds is 5. The van der Waals surface area contributed by atoms with Gasteiger partial charge in [0.1, 0.15) is 0 Å². The van der Waals surface area contributed by atoms with Gasteiger partial charge in [-0.3, -0.25) is 9.36 Å². The number of nitrogens with zero attached hydrogens (tertiary/aromatic N) is 2. The highest BCUT2D eigenvalue weighted by Gasteiger charge is 2.14. The van der Waals surface area contributed by atoms with Crippen LogP contribution in [0.15, 0.2) is 11.1 Å². The number of aryl methyl sites for hydroxylation is 1. The molecule has 0 atom stereocenters. The molecule has 4 heteroatoms. The molecule has 1 aliphatic rings. The number of nitrogens with one attached hydrogen (secondary N) is 1. The van der Waals surface area contributed by atoms with Crippen LogP contribution in [0.1, 0.15) is 43.9 Å². The van der Waals surface area contributed by atoms with Gasteiger partial charge in [0, 0.05) is 18.7 Å². The number of hydrogen-bond acceptors (Lipinski definition) is 3. The van der Waals surface area contributed by atoms with Crippen molar-refractivity contribution in [2.45, 2.75) is 52.1 Å². The summed E-state index contributed by atoms with van der Waals surface area (Å²) in [6, 6.07) is 0. The molecule has 0 radical (unpaired) electrons. The normalized spacial score (nSPS) is 14.6. The Morgan fingerprint density at radius 1 is 1.41 bits per heavy atom. The Morgan fingerprint density at radius 3 is 3.12 bits per heavy atom. The molecule has 4 nitrogen and oxygen atoms in total. The minimum absolute atomic E-state index is 0.174. The fraction of sp³-hybridized carbons (Fsp3) is 0.692. The van der Waals surface area contributed by atoms with Crippen LogP contribution in [0.3, 0.4) is 0 Å². The lowest BCUT2D eigenvalue weighted by molar-refractivity contribution is 0.542. The average Bonchev–Trinajstić information content (AvgIpc) is 2.37. The highest BCUT2D eigenvalue weighted by atomic mass is 16.1. The first-order chi connectivity index (χ1) is 8.33. The summed E-state index contributed by atoms with van der Waals surface area (Å²) >= 11 is 0. The molecule has 17 heavy (non-hydrogen) atoms. The van der Waals surface area contributed by atoms with Crippen molar-refractivity contribution in [2.24, 2.45) is 0 Å². The minimum atomic E-state index is 0.174. The van der Waals surface area contributed by atoms with Crippen LogP contribution in [-0.2, 0) is 19.5 Å². The number of unbranched alkanes of at least 4 members (excludes halogenated alkanes) is 3. The molecule has 0 aromatic carbocycles. The summed E-state index contributed by atoms with van der Waals surface area (Å²) in [5, 5.41) is 3.24. The summed E-state index contributed by atoms with van der Waals surface area (Å²) in [5.41, 5.74) is 2.03. The van der Waals surface area contributed by atoms with Gasteiger partial charge in [0.25, 0.3) is 5.56 Å². The Kier molecular flexibility index (Phi) is 4.31. The zero-order chi connectivity index (χ0) is 12.1. The molecule has 0 unspecified atom stereocenters. The van der Waals surface area contributed by atoms with Crippen LogP contribution in [0, 0.1) is 0 Å². The van der Waals surface area contributed by atoms with E-state index in [9.17, 15) is 4.79 Å². The molecule has 1 aromatic heterocycles. The van der Waals surface area contributed by atoms with E-state index in [1.807, 2.05) is 0 Å². The molecule has 2 rings (SSSR count). The van der Waals surface area contributed by atoms with Crippen molar-refractivity contribution >= 4 is 0 Å². The molecule has 0 amide bonds. The van der Waals surface area contributed by atoms with E-state index in [0.717, 1.165) is 43.7 Å². The number of fused-ring (bicyclic) bond motifs is 1. The molecule has 1 N–H and O–H groups in total. The van der Waals surface area contributed by atoms with Crippen LogP contribution in [0.4, 0.5) is 0 Å². The maximum absolute atomic E-state index is 12.2. The Hall–Kier alpha value is -1.16. The van der Waals surface area contributed by atoms with Crippen LogP contribution in [-0.4, -0.2) is 16.1 Å². The van der Waals surface area contributed by atoms with E-state index >= 15 is 0 Å². The number of aromatic nitrogens is 2. The number of hydrogen-bond donors (Lipinski definition) is 1. The standard InChI is InChI=1S/C13H21N3O/c1-2-3-4-5-8-16-10-15-12-9-14-7-6-11(12)13(16)17/h10,14H,2-9H2,1H3. The second-order valence-corrected chi connectivity index (χ2v) is 4.66. The van der Waals surface area contributed by atoms with Crippen molar-refractivity contribution in [3.05, 3.63) is 27.9 Å². The maximum Gasteiger partial charge on any atom is 0.256 e. The quantitative estimate of drug-likeness (QED) is 0.786. The van der Waals surface area contributed by atoms with Crippen molar-refractivity contribution < 1.29 is 0 Å². The predicted octanol–water partition coefficient (Wildman–Crippen LogP) is 1.47. The molecule has 0 fully saturated rings. The van der Waals surface area contributed by atoms with E-state index < -0.39 is 0 Å². The summed E-state index contributed by atoms with van der Waals surface area (Å²) in [6.07, 6.45) is 7.27. The Balaban J connectivity index is 2.05. The molecule has 2 heterocycles. The monoisotopic (exact) mass is 235 g/mol. The van der Waals surface area contributed by atoms with Crippen molar-refractivity contribution in [3.8, 4) is 0 Å². The Morgan fingerprint density at radius 2 is 2.29 bits per heavy atom. The Bertz CT molecular complexity index is 425. The molecule has 0 spiro atoms. The van der Waals surface area contributed by atoms with Gasteiger partial charge in [-0.25, -0.2) is 4.98 Å². The van der Waals surface area contributed by atoms with Gasteiger partial charge < -0.3 is 5.32 Å². The summed E-state index contributed by atoms with van der Waals surface area (Å²) in [7, 11) is 0. The van der Waals surface area contributed by atoms with Gasteiger partial charge in [-0.15, -0.1) is 0 Å². The fourth-order valence-corrected chi connectivity index (χ4v) is 2.26. The molecule has 1 aromatic rings. The third-order valence-corrected chi connectivity index (χ3v) is 3.32. The van der Waals surface area contributed by atoms with Crippen LogP contribution in [0.5, 0.6) is 0 Å². The van der Waals surface area contributed by atoms with Gasteiger partial charge in [0.2, 0.25) is 0 Å². The molecular weight excluding hydrogens is 214 g/mol. The third-order valence-electron chi connectivity index (χ3n) is 3.32. The van der Waals surface area contributed by atoms with E-state index in [0.29, 0.717) is 0 Å². The van der Waals surface area contributed by atoms with E-state index in [2.05, 4.69) is 17.2 Å². The van der Waals surface area contributed by atoms with Gasteiger partial charge in [0.15, 0.2) is 0 Å². The summed E-state index contributed by atoms with van der Waals surface area (Å²) in [5.74, 6) is 0. The smallest absolute Gasteiger partial charge is 0.256 e. The second kappa shape index (κ2) is 5.96. The topological polar surface area (TPSA) is 46.9 Å². The minimum Gasteiger partial charge on any atom is -0.311 e. The summed E-state index contributed by atoms with van der Waals surface area (Å²) in [6.45, 7) is 4.64. The van der Waals surface area contributed by atoms with E-state index in [-0.39, 0.29) is 5.56 Å². The lowest BCUT2D eigenvalue weighted by Gasteiger charge is -2.16. The second-order valence-electron chi connectivity index (χ2n) is 4.66.